The average Bonchev–Trinajstić information content (AvgIpc) is 3.12. The molecule has 1 aliphatic heterocycles. The van der Waals surface area contributed by atoms with E-state index in [2.05, 4.69) is 11.9 Å². The third-order valence-corrected chi connectivity index (χ3v) is 5.36. The van der Waals surface area contributed by atoms with Gasteiger partial charge >= 0.3 is 5.69 Å². The predicted octanol–water partition coefficient (Wildman–Crippen LogP) is 1.86. The highest BCUT2D eigenvalue weighted by atomic mass is 16.5. The van der Waals surface area contributed by atoms with Crippen LogP contribution < -0.4 is 11.2 Å². The Morgan fingerprint density at radius 2 is 2.00 bits per heavy atom. The van der Waals surface area contributed by atoms with Crippen molar-refractivity contribution in [2.75, 3.05) is 13.2 Å². The smallest absolute Gasteiger partial charge is 0.330 e. The van der Waals surface area contributed by atoms with Gasteiger partial charge in [0, 0.05) is 19.2 Å². The first-order chi connectivity index (χ1) is 14.5. The van der Waals surface area contributed by atoms with E-state index >= 15 is 0 Å². The normalized spacial score (nSPS) is 22.3. The van der Waals surface area contributed by atoms with Crippen LogP contribution in [0.1, 0.15) is 62.5 Å². The molecule has 8 heteroatoms. The molecule has 2 aromatic rings. The van der Waals surface area contributed by atoms with E-state index in [9.17, 15) is 19.8 Å². The minimum atomic E-state index is -0.887. The minimum Gasteiger partial charge on any atom is -0.394 e. The Labute approximate surface area is 175 Å². The molecule has 1 saturated heterocycles. The maximum absolute atomic E-state index is 12.7. The van der Waals surface area contributed by atoms with Crippen molar-refractivity contribution < 1.29 is 19.7 Å². The van der Waals surface area contributed by atoms with Crippen LogP contribution in [0, 0.1) is 0 Å². The molecule has 4 atom stereocenters. The van der Waals surface area contributed by atoms with E-state index in [0.29, 0.717) is 12.2 Å². The summed E-state index contributed by atoms with van der Waals surface area (Å²) in [6, 6.07) is 9.38. The second kappa shape index (κ2) is 10.7. The van der Waals surface area contributed by atoms with Crippen molar-refractivity contribution in [3.63, 3.8) is 0 Å². The molecule has 1 aromatic carbocycles. The number of aromatic amines is 1. The molecule has 0 bridgehead atoms. The first-order valence-corrected chi connectivity index (χ1v) is 10.5. The third-order valence-electron chi connectivity index (χ3n) is 5.36. The Morgan fingerprint density at radius 3 is 2.67 bits per heavy atom. The van der Waals surface area contributed by atoms with Gasteiger partial charge in [-0.15, -0.1) is 0 Å². The zero-order chi connectivity index (χ0) is 21.5. The lowest BCUT2D eigenvalue weighted by Crippen LogP contribution is -2.35. The number of hydrogen-bond acceptors (Lipinski definition) is 6. The van der Waals surface area contributed by atoms with Gasteiger partial charge in [0.25, 0.3) is 5.56 Å². The summed E-state index contributed by atoms with van der Waals surface area (Å²) in [6.45, 7) is 2.28. The van der Waals surface area contributed by atoms with Gasteiger partial charge in [0.05, 0.1) is 18.3 Å². The van der Waals surface area contributed by atoms with E-state index in [1.807, 2.05) is 30.3 Å². The van der Waals surface area contributed by atoms with E-state index in [1.54, 1.807) is 0 Å². The number of aromatic nitrogens is 2. The lowest BCUT2D eigenvalue weighted by molar-refractivity contribution is -0.0462. The Kier molecular flexibility index (Phi) is 7.98. The Bertz CT molecular complexity index is 910. The fourth-order valence-electron chi connectivity index (χ4n) is 3.68. The number of aliphatic hydroxyl groups excluding tert-OH is 2. The molecule has 1 aliphatic rings. The van der Waals surface area contributed by atoms with Crippen molar-refractivity contribution in [3.8, 4) is 0 Å². The molecule has 30 heavy (non-hydrogen) atoms. The van der Waals surface area contributed by atoms with Gasteiger partial charge in [0.2, 0.25) is 0 Å². The van der Waals surface area contributed by atoms with Crippen LogP contribution in [0.15, 0.2) is 46.1 Å². The second-order valence-corrected chi connectivity index (χ2v) is 7.59. The summed E-state index contributed by atoms with van der Waals surface area (Å²) in [6.07, 6.45) is 2.69. The van der Waals surface area contributed by atoms with E-state index in [0.717, 1.165) is 31.2 Å². The van der Waals surface area contributed by atoms with Crippen LogP contribution in [-0.4, -0.2) is 45.2 Å². The second-order valence-electron chi connectivity index (χ2n) is 7.59. The summed E-state index contributed by atoms with van der Waals surface area (Å²) in [4.78, 5) is 27.4. The van der Waals surface area contributed by atoms with Gasteiger partial charge in [-0.1, -0.05) is 56.5 Å². The summed E-state index contributed by atoms with van der Waals surface area (Å²) in [5.41, 5.74) is -0.0451. The summed E-state index contributed by atoms with van der Waals surface area (Å²) >= 11 is 0. The number of aliphatic hydroxyl groups is 2. The molecule has 3 N–H and O–H groups in total. The minimum absolute atomic E-state index is 0.143. The quantitative estimate of drug-likeness (QED) is 0.508. The summed E-state index contributed by atoms with van der Waals surface area (Å²) in [5.74, 6) is 0. The molecule has 0 radical (unpaired) electrons. The fourth-order valence-corrected chi connectivity index (χ4v) is 3.68. The van der Waals surface area contributed by atoms with Gasteiger partial charge < -0.3 is 19.7 Å². The topological polar surface area (TPSA) is 114 Å². The highest BCUT2D eigenvalue weighted by Crippen LogP contribution is 2.29. The zero-order valence-corrected chi connectivity index (χ0v) is 17.2. The number of rotatable bonds is 10. The molecular weight excluding hydrogens is 388 g/mol. The molecule has 0 amide bonds. The molecule has 3 rings (SSSR count). The standard InChI is InChI=1S/C22H30N2O6/c1-2-3-4-8-11-29-20(15-9-6-5-7-10-15)16-13-24(22(28)23-21(16)27)19-12-17(26)18(14-25)30-19/h5-7,9-10,13,17-20,25-26H,2-4,8,11-12,14H2,1H3,(H,23,27,28)/t17-,18+,19+,20?/m0/s1. The van der Waals surface area contributed by atoms with Gasteiger partial charge in [0.1, 0.15) is 18.4 Å². The van der Waals surface area contributed by atoms with Crippen LogP contribution in [0.25, 0.3) is 0 Å². The first-order valence-electron chi connectivity index (χ1n) is 10.5. The summed E-state index contributed by atoms with van der Waals surface area (Å²) in [7, 11) is 0. The number of hydrogen-bond donors (Lipinski definition) is 3. The molecule has 0 saturated carbocycles. The lowest BCUT2D eigenvalue weighted by atomic mass is 10.0. The van der Waals surface area contributed by atoms with Crippen LogP contribution in [0.2, 0.25) is 0 Å². The van der Waals surface area contributed by atoms with Crippen molar-refractivity contribution in [2.45, 2.75) is 63.6 Å². The van der Waals surface area contributed by atoms with Gasteiger partial charge in [-0.25, -0.2) is 4.79 Å². The highest BCUT2D eigenvalue weighted by Gasteiger charge is 2.35. The van der Waals surface area contributed by atoms with Crippen LogP contribution in [-0.2, 0) is 9.47 Å². The molecule has 2 heterocycles. The van der Waals surface area contributed by atoms with Gasteiger partial charge in [-0.2, -0.15) is 0 Å². The van der Waals surface area contributed by atoms with Gasteiger partial charge in [-0.3, -0.25) is 14.3 Å². The molecule has 0 aliphatic carbocycles. The van der Waals surface area contributed by atoms with Crippen molar-refractivity contribution in [2.24, 2.45) is 0 Å². The van der Waals surface area contributed by atoms with Gasteiger partial charge in [-0.05, 0) is 12.0 Å². The Morgan fingerprint density at radius 1 is 1.23 bits per heavy atom. The number of H-pyrrole nitrogens is 1. The van der Waals surface area contributed by atoms with Crippen molar-refractivity contribution in [1.82, 2.24) is 9.55 Å². The molecular formula is C22H30N2O6. The number of benzene rings is 1. The third kappa shape index (κ3) is 5.26. The highest BCUT2D eigenvalue weighted by molar-refractivity contribution is 5.27. The molecule has 8 nitrogen and oxygen atoms in total. The molecule has 1 unspecified atom stereocenters. The molecule has 1 aromatic heterocycles. The average molecular weight is 418 g/mol. The van der Waals surface area contributed by atoms with Crippen molar-refractivity contribution >= 4 is 0 Å². The maximum Gasteiger partial charge on any atom is 0.330 e. The number of nitrogens with zero attached hydrogens (tertiary/aromatic N) is 1. The van der Waals surface area contributed by atoms with Crippen LogP contribution in [0.5, 0.6) is 0 Å². The Hall–Kier alpha value is -2.26. The first kappa shape index (κ1) is 22.4. The van der Waals surface area contributed by atoms with E-state index in [-0.39, 0.29) is 13.0 Å². The SMILES string of the molecule is CCCCCCOC(c1ccccc1)c1cn([C@H]2C[C@H](O)[C@@H](CO)O2)c(=O)[nH]c1=O. The van der Waals surface area contributed by atoms with Crippen molar-refractivity contribution in [3.05, 3.63) is 68.5 Å². The van der Waals surface area contributed by atoms with Gasteiger partial charge in [0.15, 0.2) is 0 Å². The number of nitrogens with one attached hydrogen (secondary N) is 1. The summed E-state index contributed by atoms with van der Waals surface area (Å²) in [5, 5.41) is 19.3. The largest absolute Gasteiger partial charge is 0.394 e. The van der Waals surface area contributed by atoms with E-state index in [4.69, 9.17) is 9.47 Å². The van der Waals surface area contributed by atoms with Crippen molar-refractivity contribution in [1.29, 1.82) is 0 Å². The Balaban J connectivity index is 1.91. The number of unbranched alkanes of at least 4 members (excludes halogenated alkanes) is 3. The molecule has 1 fully saturated rings. The number of ether oxygens (including phenoxy) is 2. The van der Waals surface area contributed by atoms with Crippen LogP contribution in [0.4, 0.5) is 0 Å². The molecule has 164 valence electrons. The maximum atomic E-state index is 12.7. The molecule has 0 spiro atoms. The van der Waals surface area contributed by atoms with E-state index in [1.165, 1.54) is 10.8 Å². The van der Waals surface area contributed by atoms with E-state index < -0.39 is 35.8 Å². The lowest BCUT2D eigenvalue weighted by Gasteiger charge is -2.21. The fraction of sp³-hybridized carbons (Fsp3) is 0.545. The summed E-state index contributed by atoms with van der Waals surface area (Å²) < 4.78 is 12.9. The zero-order valence-electron chi connectivity index (χ0n) is 17.2. The van der Waals surface area contributed by atoms with Crippen LogP contribution in [0.3, 0.4) is 0 Å². The predicted molar refractivity (Wildman–Crippen MR) is 111 cm³/mol. The monoisotopic (exact) mass is 418 g/mol. The van der Waals surface area contributed by atoms with Crippen LogP contribution >= 0.6 is 0 Å².